The Hall–Kier alpha value is -0.400. The van der Waals surface area contributed by atoms with Gasteiger partial charge >= 0.3 is 6.05 Å². The number of morpholine rings is 1. The smallest absolute Gasteiger partial charge is 0.353 e. The second kappa shape index (κ2) is 6.85. The van der Waals surface area contributed by atoms with E-state index >= 15 is 0 Å². The van der Waals surface area contributed by atoms with E-state index in [9.17, 15) is 22.7 Å². The second-order valence-corrected chi connectivity index (χ2v) is 5.05. The fourth-order valence-electron chi connectivity index (χ4n) is 2.16. The Bertz CT molecular complexity index is 259. The van der Waals surface area contributed by atoms with Crippen LogP contribution < -0.4 is 5.11 Å². The molecule has 0 N–H and O–H groups in total. The highest BCUT2D eigenvalue weighted by atomic mass is 19.3. The van der Waals surface area contributed by atoms with Gasteiger partial charge in [0.05, 0.1) is 13.2 Å². The highest BCUT2D eigenvalue weighted by molar-refractivity contribution is 4.77. The zero-order chi connectivity index (χ0) is 14.5. The third kappa shape index (κ3) is 4.89. The number of alkyl halides is 4. The summed E-state index contributed by atoms with van der Waals surface area (Å²) in [7, 11) is 0. The van der Waals surface area contributed by atoms with Crippen molar-refractivity contribution in [1.29, 1.82) is 0 Å². The summed E-state index contributed by atoms with van der Waals surface area (Å²) in [5, 5.41) is 9.86. The highest BCUT2D eigenvalue weighted by Gasteiger charge is 2.52. The number of nitrogens with zero attached hydrogens (tertiary/aromatic N) is 1. The lowest BCUT2D eigenvalue weighted by molar-refractivity contribution is -0.625. The Morgan fingerprint density at radius 1 is 1.05 bits per heavy atom. The van der Waals surface area contributed by atoms with E-state index in [-0.39, 0.29) is 31.2 Å². The van der Waals surface area contributed by atoms with Gasteiger partial charge in [-0.2, -0.15) is 8.78 Å². The van der Waals surface area contributed by atoms with Gasteiger partial charge in [-0.1, -0.05) is 32.6 Å². The van der Waals surface area contributed by atoms with Crippen LogP contribution in [0.4, 0.5) is 17.6 Å². The van der Waals surface area contributed by atoms with E-state index in [0.29, 0.717) is 0 Å². The first-order valence-corrected chi connectivity index (χ1v) is 6.54. The molecule has 1 heterocycles. The Labute approximate surface area is 110 Å². The van der Waals surface area contributed by atoms with E-state index < -0.39 is 12.2 Å². The number of hydrogen-bond donors (Lipinski definition) is 0. The molecule has 0 spiro atoms. The maximum Gasteiger partial charge on any atom is 0.353 e. The monoisotopic (exact) mass is 286 g/mol. The summed E-state index contributed by atoms with van der Waals surface area (Å²) in [5.74, 6) is 1.05. The van der Waals surface area contributed by atoms with Crippen LogP contribution in [-0.2, 0) is 4.74 Å². The minimum atomic E-state index is -5.26. The predicted molar refractivity (Wildman–Crippen MR) is 59.9 cm³/mol. The van der Waals surface area contributed by atoms with Crippen LogP contribution in [0.5, 0.6) is 0 Å². The first kappa shape index (κ1) is 16.7. The predicted octanol–water partition coefficient (Wildman–Crippen LogP) is 2.06. The highest BCUT2D eigenvalue weighted by Crippen LogP contribution is 2.33. The molecule has 0 aromatic carbocycles. The number of hydrogen-bond acceptors (Lipinski definition) is 3. The minimum absolute atomic E-state index is 0.0638. The molecular weight excluding hydrogens is 266 g/mol. The molecule has 0 aromatic heterocycles. The molecule has 0 aromatic rings. The van der Waals surface area contributed by atoms with Crippen molar-refractivity contribution >= 4 is 0 Å². The molecule has 3 nitrogen and oxygen atoms in total. The maximum atomic E-state index is 12.6. The van der Waals surface area contributed by atoms with Crippen molar-refractivity contribution < 1.29 is 27.4 Å². The Morgan fingerprint density at radius 3 is 1.84 bits per heavy atom. The van der Waals surface area contributed by atoms with Crippen molar-refractivity contribution in [1.82, 2.24) is 4.90 Å². The lowest BCUT2D eigenvalue weighted by Crippen LogP contribution is -2.63. The number of halogens is 4. The second-order valence-electron chi connectivity index (χ2n) is 5.05. The quantitative estimate of drug-likeness (QED) is 0.576. The fourth-order valence-corrected chi connectivity index (χ4v) is 2.16. The van der Waals surface area contributed by atoms with Gasteiger partial charge in [-0.05, 0) is 5.92 Å². The minimum Gasteiger partial charge on any atom is -0.792 e. The molecule has 7 heteroatoms. The van der Waals surface area contributed by atoms with Crippen LogP contribution >= 0.6 is 0 Å². The van der Waals surface area contributed by atoms with Crippen LogP contribution in [-0.4, -0.2) is 43.4 Å². The Kier molecular flexibility index (Phi) is 6.01. The lowest BCUT2D eigenvalue weighted by atomic mass is 10.2. The van der Waals surface area contributed by atoms with E-state index in [1.54, 1.807) is 0 Å². The number of ether oxygens (including phenoxy) is 1. The van der Waals surface area contributed by atoms with Crippen LogP contribution in [0.15, 0.2) is 0 Å². The van der Waals surface area contributed by atoms with Crippen molar-refractivity contribution in [3.8, 4) is 0 Å². The summed E-state index contributed by atoms with van der Waals surface area (Å²) in [6.45, 7) is 1.50. The average molecular weight is 286 g/mol. The van der Waals surface area contributed by atoms with Crippen LogP contribution in [0.2, 0.25) is 0 Å². The van der Waals surface area contributed by atoms with E-state index in [2.05, 4.69) is 11.7 Å². The normalized spacial score (nSPS) is 23.1. The molecule has 1 aliphatic heterocycles. The largest absolute Gasteiger partial charge is 0.792 e. The molecule has 1 saturated heterocycles. The summed E-state index contributed by atoms with van der Waals surface area (Å²) >= 11 is 0. The van der Waals surface area contributed by atoms with Crippen molar-refractivity contribution in [3.05, 3.63) is 0 Å². The molecular formula is C12H20F4NO2-. The van der Waals surface area contributed by atoms with Crippen LogP contribution in [0.25, 0.3) is 0 Å². The zero-order valence-electron chi connectivity index (χ0n) is 11.0. The van der Waals surface area contributed by atoms with Gasteiger partial charge in [-0.25, -0.2) is 13.7 Å². The molecule has 0 bridgehead atoms. The molecule has 0 unspecified atom stereocenters. The van der Waals surface area contributed by atoms with E-state index in [0.717, 1.165) is 5.92 Å². The number of rotatable bonds is 2. The Balaban J connectivity index is 0.000000250. The van der Waals surface area contributed by atoms with Crippen molar-refractivity contribution in [2.75, 3.05) is 26.3 Å². The lowest BCUT2D eigenvalue weighted by Gasteiger charge is -2.40. The molecule has 2 rings (SSSR count). The summed E-state index contributed by atoms with van der Waals surface area (Å²) in [4.78, 5) is 0.142. The van der Waals surface area contributed by atoms with E-state index in [1.807, 2.05) is 0 Å². The van der Waals surface area contributed by atoms with Gasteiger partial charge in [0.25, 0.3) is 6.11 Å². The van der Waals surface area contributed by atoms with Gasteiger partial charge in [0.2, 0.25) is 0 Å². The van der Waals surface area contributed by atoms with Crippen molar-refractivity contribution in [3.63, 3.8) is 0 Å². The zero-order valence-corrected chi connectivity index (χ0v) is 11.0. The maximum absolute atomic E-state index is 12.6. The van der Waals surface area contributed by atoms with Gasteiger partial charge < -0.3 is 9.84 Å². The first-order valence-electron chi connectivity index (χ1n) is 6.54. The third-order valence-electron chi connectivity index (χ3n) is 3.40. The summed E-state index contributed by atoms with van der Waals surface area (Å²) < 4.78 is 53.7. The fraction of sp³-hybridized carbons (Fsp3) is 1.00. The first-order chi connectivity index (χ1) is 8.75. The van der Waals surface area contributed by atoms with Crippen LogP contribution in [0.3, 0.4) is 0 Å². The van der Waals surface area contributed by atoms with Crippen molar-refractivity contribution in [2.45, 2.75) is 44.8 Å². The van der Waals surface area contributed by atoms with Crippen LogP contribution in [0, 0.1) is 5.92 Å². The van der Waals surface area contributed by atoms with E-state index in [4.69, 9.17) is 0 Å². The molecule has 0 radical (unpaired) electrons. The molecule has 114 valence electrons. The summed E-state index contributed by atoms with van der Waals surface area (Å²) in [6.07, 6.45) is 0.687. The molecule has 1 aliphatic carbocycles. The molecule has 2 fully saturated rings. The van der Waals surface area contributed by atoms with Gasteiger partial charge in [0.15, 0.2) is 0 Å². The van der Waals surface area contributed by atoms with E-state index in [1.165, 1.54) is 25.7 Å². The van der Waals surface area contributed by atoms with Gasteiger partial charge in [0, 0.05) is 13.1 Å². The topological polar surface area (TPSA) is 35.5 Å². The van der Waals surface area contributed by atoms with Crippen molar-refractivity contribution in [2.24, 2.45) is 5.92 Å². The molecule has 0 atom stereocenters. The molecule has 1 saturated carbocycles. The average Bonchev–Trinajstić information content (AvgIpc) is 2.81. The van der Waals surface area contributed by atoms with Gasteiger partial charge in [-0.15, -0.1) is 0 Å². The summed E-state index contributed by atoms with van der Waals surface area (Å²) in [5.41, 5.74) is 0. The third-order valence-corrected chi connectivity index (χ3v) is 3.40. The molecule has 19 heavy (non-hydrogen) atoms. The van der Waals surface area contributed by atoms with Gasteiger partial charge in [0.1, 0.15) is 0 Å². The van der Waals surface area contributed by atoms with Gasteiger partial charge in [-0.3, -0.25) is 0 Å². The Morgan fingerprint density at radius 2 is 1.53 bits per heavy atom. The molecule has 2 aliphatic rings. The molecule has 0 amide bonds. The summed E-state index contributed by atoms with van der Waals surface area (Å²) in [6, 6.07) is -4.63. The SMILES string of the molecule is CC1CCCC1.[O-]C(F)(F)C(F)(F)N1CCOCC1. The standard InChI is InChI=1S/C6H8F4NO2.C6H12/c7-5(8,6(9,10)12)11-1-3-13-4-2-11;1-6-4-2-3-5-6/h1-4H2;6H,2-5H2,1H3/q-1;. The van der Waals surface area contributed by atoms with Crippen LogP contribution in [0.1, 0.15) is 32.6 Å².